The van der Waals surface area contributed by atoms with Gasteiger partial charge in [0.1, 0.15) is 40.4 Å². The lowest BCUT2D eigenvalue weighted by Gasteiger charge is -2.19. The maximum absolute atomic E-state index is 6.23. The molecule has 0 fully saturated rings. The number of nitrogens with one attached hydrogen (secondary N) is 2. The Morgan fingerprint density at radius 3 is 1.71 bits per heavy atom. The van der Waals surface area contributed by atoms with Gasteiger partial charge < -0.3 is 24.8 Å². The first-order chi connectivity index (χ1) is 16.6. The van der Waals surface area contributed by atoms with Gasteiger partial charge in [0, 0.05) is 24.2 Å². The molecule has 0 atom stereocenters. The third-order valence-electron chi connectivity index (χ3n) is 5.55. The predicted molar refractivity (Wildman–Crippen MR) is 143 cm³/mol. The first kappa shape index (κ1) is 24.0. The Bertz CT molecular complexity index is 1110. The van der Waals surface area contributed by atoms with Crippen LogP contribution in [-0.4, -0.2) is 30.2 Å². The fourth-order valence-corrected chi connectivity index (χ4v) is 4.50. The molecule has 7 heteroatoms. The van der Waals surface area contributed by atoms with Crippen LogP contribution >= 0.6 is 24.4 Å². The number of aryl methyl sites for hydroxylation is 1. The molecule has 5 nitrogen and oxygen atoms in total. The highest BCUT2D eigenvalue weighted by Crippen LogP contribution is 2.30. The minimum absolute atomic E-state index is 0.349. The molecule has 4 rings (SSSR count). The van der Waals surface area contributed by atoms with Gasteiger partial charge in [0.15, 0.2) is 0 Å². The van der Waals surface area contributed by atoms with E-state index in [1.54, 1.807) is 7.11 Å². The second-order valence-corrected chi connectivity index (χ2v) is 8.87. The second-order valence-electron chi connectivity index (χ2n) is 8.05. The highest BCUT2D eigenvalue weighted by Gasteiger charge is 2.16. The number of rotatable bonds is 1. The Morgan fingerprint density at radius 1 is 0.765 bits per heavy atom. The zero-order valence-electron chi connectivity index (χ0n) is 19.4. The Balaban J connectivity index is 1.70. The third-order valence-corrected chi connectivity index (χ3v) is 6.27. The number of methoxy groups -OCH3 is 1. The fourth-order valence-electron chi connectivity index (χ4n) is 3.96. The van der Waals surface area contributed by atoms with Crippen LogP contribution in [0.15, 0.2) is 60.7 Å². The van der Waals surface area contributed by atoms with Crippen molar-refractivity contribution in [2.45, 2.75) is 26.6 Å². The van der Waals surface area contributed by atoms with Crippen LogP contribution in [0, 0.1) is 6.92 Å². The summed E-state index contributed by atoms with van der Waals surface area (Å²) in [5.74, 6) is 2.22. The number of hydrogen-bond acceptors (Lipinski definition) is 5. The lowest BCUT2D eigenvalue weighted by atomic mass is 10.1. The molecule has 34 heavy (non-hydrogen) atoms. The van der Waals surface area contributed by atoms with E-state index < -0.39 is 0 Å². The van der Waals surface area contributed by atoms with E-state index in [0.717, 1.165) is 64.6 Å². The van der Waals surface area contributed by atoms with E-state index >= 15 is 0 Å². The van der Waals surface area contributed by atoms with Gasteiger partial charge in [-0.3, -0.25) is 0 Å². The van der Waals surface area contributed by atoms with Gasteiger partial charge in [0.05, 0.1) is 18.2 Å². The van der Waals surface area contributed by atoms with E-state index in [4.69, 9.17) is 38.6 Å². The number of para-hydroxylation sites is 2. The molecule has 0 unspecified atom stereocenters. The van der Waals surface area contributed by atoms with Crippen LogP contribution < -0.4 is 24.8 Å². The van der Waals surface area contributed by atoms with Gasteiger partial charge in [0.2, 0.25) is 0 Å². The Hall–Kier alpha value is -3.16. The molecule has 1 aliphatic rings. The van der Waals surface area contributed by atoms with Crippen LogP contribution in [0.2, 0.25) is 0 Å². The Morgan fingerprint density at radius 2 is 1.24 bits per heavy atom. The minimum atomic E-state index is 0.349. The fraction of sp³-hybridized carbons (Fsp3) is 0.259. The molecule has 0 amide bonds. The lowest BCUT2D eigenvalue weighted by Crippen LogP contribution is -2.29. The standard InChI is InChI=1S/C27H28N2O3S2/c1-18-14-19-16-31-23-10-5-3-8-21(23)26(33)28-12-7-13-29-27(34)22-9-4-6-11-24(22)32-17-20(15-18)25(19)30-2/h3-6,8-11,14-15H,7,12-13,16-17H2,1-2H3,(H,28,33)(H,29,34). The summed E-state index contributed by atoms with van der Waals surface area (Å²) in [6.07, 6.45) is 0.855. The lowest BCUT2D eigenvalue weighted by molar-refractivity contribution is 0.282. The average molecular weight is 493 g/mol. The van der Waals surface area contributed by atoms with E-state index in [2.05, 4.69) is 29.7 Å². The summed E-state index contributed by atoms with van der Waals surface area (Å²) in [6, 6.07) is 19.8. The molecule has 0 saturated carbocycles. The van der Waals surface area contributed by atoms with Crippen molar-refractivity contribution < 1.29 is 14.2 Å². The monoisotopic (exact) mass is 492 g/mol. The predicted octanol–water partition coefficient (Wildman–Crippen LogP) is 5.10. The van der Waals surface area contributed by atoms with Crippen molar-refractivity contribution in [3.63, 3.8) is 0 Å². The largest absolute Gasteiger partial charge is 0.496 e. The molecular formula is C27H28N2O3S2. The molecule has 2 bridgehead atoms. The van der Waals surface area contributed by atoms with Crippen LogP contribution in [0.3, 0.4) is 0 Å². The van der Waals surface area contributed by atoms with Crippen molar-refractivity contribution in [2.75, 3.05) is 20.2 Å². The summed E-state index contributed by atoms with van der Waals surface area (Å²) in [7, 11) is 1.67. The van der Waals surface area contributed by atoms with Crippen LogP contribution in [0.5, 0.6) is 17.2 Å². The molecule has 3 aromatic carbocycles. The van der Waals surface area contributed by atoms with Crippen molar-refractivity contribution in [3.8, 4) is 17.2 Å². The first-order valence-electron chi connectivity index (χ1n) is 11.2. The molecule has 176 valence electrons. The van der Waals surface area contributed by atoms with Gasteiger partial charge in [-0.15, -0.1) is 0 Å². The van der Waals surface area contributed by atoms with Crippen LogP contribution in [-0.2, 0) is 13.2 Å². The van der Waals surface area contributed by atoms with Crippen LogP contribution in [0.1, 0.15) is 34.2 Å². The SMILES string of the molecule is COc1c2cc(C)cc1COc1ccccc1C(=S)NCCCNC(=S)c1ccccc1OC2. The second kappa shape index (κ2) is 11.3. The van der Waals surface area contributed by atoms with E-state index in [-0.39, 0.29) is 0 Å². The van der Waals surface area contributed by atoms with Crippen LogP contribution in [0.4, 0.5) is 0 Å². The zero-order valence-corrected chi connectivity index (χ0v) is 21.0. The third kappa shape index (κ3) is 5.66. The Kier molecular flexibility index (Phi) is 7.98. The number of benzene rings is 3. The number of thiocarbonyl (C=S) groups is 2. The topological polar surface area (TPSA) is 51.8 Å². The van der Waals surface area contributed by atoms with E-state index in [0.29, 0.717) is 23.2 Å². The number of fused-ring (bicyclic) bond motifs is 4. The number of ether oxygens (including phenoxy) is 3. The molecule has 0 spiro atoms. The first-order valence-corrected chi connectivity index (χ1v) is 12.0. The van der Waals surface area contributed by atoms with E-state index in [1.165, 1.54) is 0 Å². The summed E-state index contributed by atoms with van der Waals surface area (Å²) >= 11 is 11.3. The summed E-state index contributed by atoms with van der Waals surface area (Å²) in [5.41, 5.74) is 4.73. The highest BCUT2D eigenvalue weighted by molar-refractivity contribution is 7.81. The molecular weight excluding hydrogens is 464 g/mol. The van der Waals surface area contributed by atoms with Crippen molar-refractivity contribution in [3.05, 3.63) is 88.5 Å². The summed E-state index contributed by atoms with van der Waals surface area (Å²) in [4.78, 5) is 1.32. The van der Waals surface area contributed by atoms with Crippen molar-refractivity contribution in [1.29, 1.82) is 0 Å². The van der Waals surface area contributed by atoms with Gasteiger partial charge >= 0.3 is 0 Å². The summed E-state index contributed by atoms with van der Waals surface area (Å²) < 4.78 is 18.3. The van der Waals surface area contributed by atoms with Gasteiger partial charge in [-0.05, 0) is 49.7 Å². The van der Waals surface area contributed by atoms with Gasteiger partial charge in [-0.25, -0.2) is 0 Å². The van der Waals surface area contributed by atoms with E-state index in [1.807, 2.05) is 48.5 Å². The highest BCUT2D eigenvalue weighted by atomic mass is 32.1. The zero-order chi connectivity index (χ0) is 23.9. The molecule has 1 heterocycles. The maximum Gasteiger partial charge on any atom is 0.132 e. The summed E-state index contributed by atoms with van der Waals surface area (Å²) in [5, 5.41) is 6.67. The van der Waals surface area contributed by atoms with Crippen molar-refractivity contribution >= 4 is 34.4 Å². The number of hydrogen-bond donors (Lipinski definition) is 2. The van der Waals surface area contributed by atoms with Gasteiger partial charge in [0.25, 0.3) is 0 Å². The molecule has 1 aliphatic heterocycles. The van der Waals surface area contributed by atoms with Crippen molar-refractivity contribution in [2.24, 2.45) is 0 Å². The molecule has 2 N–H and O–H groups in total. The smallest absolute Gasteiger partial charge is 0.132 e. The molecule has 0 radical (unpaired) electrons. The van der Waals surface area contributed by atoms with Crippen molar-refractivity contribution in [1.82, 2.24) is 10.6 Å². The minimum Gasteiger partial charge on any atom is -0.496 e. The van der Waals surface area contributed by atoms with Gasteiger partial charge in [-0.2, -0.15) is 0 Å². The van der Waals surface area contributed by atoms with E-state index in [9.17, 15) is 0 Å². The summed E-state index contributed by atoms with van der Waals surface area (Å²) in [6.45, 7) is 4.19. The van der Waals surface area contributed by atoms with Gasteiger partial charge in [-0.1, -0.05) is 54.3 Å². The quantitative estimate of drug-likeness (QED) is 0.459. The molecule has 0 saturated heterocycles. The van der Waals surface area contributed by atoms with Crippen LogP contribution in [0.25, 0.3) is 0 Å². The average Bonchev–Trinajstić information content (AvgIpc) is 2.85. The molecule has 0 aliphatic carbocycles. The maximum atomic E-state index is 6.23. The molecule has 0 aromatic heterocycles. The Labute approximate surface area is 211 Å². The normalized spacial score (nSPS) is 14.6. The molecule has 3 aromatic rings.